The first-order valence-corrected chi connectivity index (χ1v) is 11.4. The van der Waals surface area contributed by atoms with Crippen LogP contribution in [0, 0.1) is 11.3 Å². The highest BCUT2D eigenvalue weighted by Gasteiger charge is 2.61. The van der Waals surface area contributed by atoms with Crippen molar-refractivity contribution in [3.63, 3.8) is 0 Å². The molecule has 3 aromatic heterocycles. The molecular formula is C23H26N4OS. The molecule has 0 spiro atoms. The molecule has 5 nitrogen and oxygen atoms in total. The molecule has 0 amide bonds. The van der Waals surface area contributed by atoms with Gasteiger partial charge in [0, 0.05) is 53.9 Å². The lowest BCUT2D eigenvalue weighted by molar-refractivity contribution is -0.101. The van der Waals surface area contributed by atoms with E-state index in [9.17, 15) is 0 Å². The number of rotatable bonds is 3. The molecule has 3 unspecified atom stereocenters. The van der Waals surface area contributed by atoms with Crippen LogP contribution in [0.4, 0.5) is 5.82 Å². The van der Waals surface area contributed by atoms with E-state index >= 15 is 0 Å². The molecule has 3 aromatic rings. The van der Waals surface area contributed by atoms with Crippen LogP contribution in [-0.2, 0) is 17.6 Å². The summed E-state index contributed by atoms with van der Waals surface area (Å²) in [6.07, 6.45) is 8.75. The van der Waals surface area contributed by atoms with Crippen molar-refractivity contribution in [2.24, 2.45) is 11.3 Å². The average molecular weight is 407 g/mol. The fourth-order valence-corrected chi connectivity index (χ4v) is 7.33. The Balaban J connectivity index is 1.53. The van der Waals surface area contributed by atoms with E-state index in [4.69, 9.17) is 14.7 Å². The van der Waals surface area contributed by atoms with Crippen molar-refractivity contribution in [1.82, 2.24) is 15.0 Å². The van der Waals surface area contributed by atoms with Crippen LogP contribution in [0.5, 0.6) is 0 Å². The quantitative estimate of drug-likeness (QED) is 0.641. The molecule has 3 atom stereocenters. The maximum absolute atomic E-state index is 6.06. The summed E-state index contributed by atoms with van der Waals surface area (Å²) in [5.41, 5.74) is 2.59. The maximum Gasteiger partial charge on any atom is 0.164 e. The zero-order valence-electron chi connectivity index (χ0n) is 17.2. The largest absolute Gasteiger partial charge is 0.377 e. The van der Waals surface area contributed by atoms with E-state index in [1.807, 2.05) is 29.7 Å². The summed E-state index contributed by atoms with van der Waals surface area (Å²) < 4.78 is 6.06. The molecule has 6 heteroatoms. The lowest BCUT2D eigenvalue weighted by Gasteiger charge is -2.58. The topological polar surface area (TPSA) is 51.1 Å². The third-order valence-electron chi connectivity index (χ3n) is 7.26. The van der Waals surface area contributed by atoms with Crippen molar-refractivity contribution in [2.75, 3.05) is 18.6 Å². The first-order valence-electron chi connectivity index (χ1n) is 10.6. The molecule has 1 aliphatic heterocycles. The van der Waals surface area contributed by atoms with E-state index in [2.05, 4.69) is 30.8 Å². The maximum atomic E-state index is 6.06. The Hall–Kier alpha value is -2.05. The first kappa shape index (κ1) is 17.8. The second kappa shape index (κ2) is 6.22. The lowest BCUT2D eigenvalue weighted by Crippen LogP contribution is -2.66. The Labute approximate surface area is 175 Å². The Morgan fingerprint density at radius 2 is 2.14 bits per heavy atom. The number of nitrogens with zero attached hydrogens (tertiary/aromatic N) is 4. The van der Waals surface area contributed by atoms with Crippen molar-refractivity contribution < 1.29 is 4.74 Å². The van der Waals surface area contributed by atoms with Crippen molar-refractivity contribution in [3.8, 4) is 11.4 Å². The number of aromatic nitrogens is 3. The minimum absolute atomic E-state index is 0.126. The third-order valence-corrected chi connectivity index (χ3v) is 8.44. The van der Waals surface area contributed by atoms with Gasteiger partial charge in [-0.3, -0.25) is 4.98 Å². The van der Waals surface area contributed by atoms with Gasteiger partial charge in [-0.15, -0.1) is 11.3 Å². The first-order chi connectivity index (χ1) is 14.1. The van der Waals surface area contributed by atoms with Crippen molar-refractivity contribution >= 4 is 27.4 Å². The highest BCUT2D eigenvalue weighted by atomic mass is 32.1. The van der Waals surface area contributed by atoms with Gasteiger partial charge in [0.2, 0.25) is 0 Å². The van der Waals surface area contributed by atoms with Gasteiger partial charge in [-0.25, -0.2) is 9.97 Å². The number of anilines is 1. The standard InChI is InChI=1S/C23H26N4OS/c1-23(2)18(15-9-11-28-19(15)23)27(3)21-17-14-7-4-8-16(14)29-22(17)26-20(25-21)13-6-5-10-24-12-13/h5-6,10,12,15,18-19H,4,7-9,11H2,1-3H3. The van der Waals surface area contributed by atoms with Crippen molar-refractivity contribution in [2.45, 2.75) is 51.7 Å². The van der Waals surface area contributed by atoms with Gasteiger partial charge in [0.25, 0.3) is 0 Å². The molecule has 150 valence electrons. The Morgan fingerprint density at radius 3 is 2.97 bits per heavy atom. The summed E-state index contributed by atoms with van der Waals surface area (Å²) in [6.45, 7) is 5.58. The molecule has 6 rings (SSSR count). The zero-order chi connectivity index (χ0) is 19.8. The highest BCUT2D eigenvalue weighted by molar-refractivity contribution is 7.19. The van der Waals surface area contributed by atoms with Gasteiger partial charge in [-0.05, 0) is 43.4 Å². The molecule has 2 fully saturated rings. The fourth-order valence-electron chi connectivity index (χ4n) is 6.07. The third kappa shape index (κ3) is 2.45. The van der Waals surface area contributed by atoms with Crippen molar-refractivity contribution in [3.05, 3.63) is 35.0 Å². The Morgan fingerprint density at radius 1 is 1.24 bits per heavy atom. The molecule has 1 saturated heterocycles. The van der Waals surface area contributed by atoms with Gasteiger partial charge in [-0.1, -0.05) is 13.8 Å². The van der Waals surface area contributed by atoms with Gasteiger partial charge in [-0.2, -0.15) is 0 Å². The summed E-state index contributed by atoms with van der Waals surface area (Å²) >= 11 is 1.86. The second-order valence-electron chi connectivity index (χ2n) is 9.27. The SMILES string of the molecule is CN(c1nc(-c2cccnc2)nc2sc3c(c12)CCC3)C1C2CCOC2C1(C)C. The number of pyridine rings is 1. The summed E-state index contributed by atoms with van der Waals surface area (Å²) in [4.78, 5) is 19.5. The van der Waals surface area contributed by atoms with Gasteiger partial charge in [0.05, 0.1) is 11.5 Å². The van der Waals surface area contributed by atoms with E-state index in [-0.39, 0.29) is 5.41 Å². The fraction of sp³-hybridized carbons (Fsp3) is 0.522. The number of thiophene rings is 1. The normalized spacial score (nSPS) is 26.9. The summed E-state index contributed by atoms with van der Waals surface area (Å²) in [6, 6.07) is 4.44. The molecule has 0 N–H and O–H groups in total. The number of hydrogen-bond donors (Lipinski definition) is 0. The van der Waals surface area contributed by atoms with E-state index in [1.54, 1.807) is 6.20 Å². The Bertz CT molecular complexity index is 1090. The van der Waals surface area contributed by atoms with Crippen molar-refractivity contribution in [1.29, 1.82) is 0 Å². The summed E-state index contributed by atoms with van der Waals surface area (Å²) in [5.74, 6) is 2.47. The molecule has 0 radical (unpaired) electrons. The molecule has 29 heavy (non-hydrogen) atoms. The van der Waals surface area contributed by atoms with Gasteiger partial charge >= 0.3 is 0 Å². The van der Waals surface area contributed by atoms with Crippen LogP contribution < -0.4 is 4.90 Å². The zero-order valence-corrected chi connectivity index (χ0v) is 18.0. The molecule has 1 saturated carbocycles. The van der Waals surface area contributed by atoms with Crippen LogP contribution >= 0.6 is 11.3 Å². The van der Waals surface area contributed by atoms with Crippen LogP contribution in [0.3, 0.4) is 0 Å². The summed E-state index contributed by atoms with van der Waals surface area (Å²) in [5, 5.41) is 1.29. The minimum Gasteiger partial charge on any atom is -0.377 e. The molecule has 2 aliphatic carbocycles. The lowest BCUT2D eigenvalue weighted by atomic mass is 9.57. The monoisotopic (exact) mass is 406 g/mol. The van der Waals surface area contributed by atoms with Gasteiger partial charge in [0.1, 0.15) is 10.6 Å². The predicted molar refractivity (Wildman–Crippen MR) is 116 cm³/mol. The summed E-state index contributed by atoms with van der Waals surface area (Å²) in [7, 11) is 2.23. The van der Waals surface area contributed by atoms with E-state index < -0.39 is 0 Å². The predicted octanol–water partition coefficient (Wildman–Crippen LogP) is 4.49. The molecule has 0 aromatic carbocycles. The van der Waals surface area contributed by atoms with Crippen LogP contribution in [0.2, 0.25) is 0 Å². The molecule has 3 aliphatic rings. The molecular weight excluding hydrogens is 380 g/mol. The van der Waals surface area contributed by atoms with Crippen LogP contribution in [0.15, 0.2) is 24.5 Å². The van der Waals surface area contributed by atoms with E-state index in [0.717, 1.165) is 41.5 Å². The van der Waals surface area contributed by atoms with Crippen LogP contribution in [0.1, 0.15) is 37.1 Å². The smallest absolute Gasteiger partial charge is 0.164 e. The van der Waals surface area contributed by atoms with E-state index in [0.29, 0.717) is 18.1 Å². The van der Waals surface area contributed by atoms with Crippen LogP contribution in [0.25, 0.3) is 21.6 Å². The number of hydrogen-bond acceptors (Lipinski definition) is 6. The van der Waals surface area contributed by atoms with E-state index in [1.165, 1.54) is 28.7 Å². The Kier molecular flexibility index (Phi) is 3.81. The highest BCUT2D eigenvalue weighted by Crippen LogP contribution is 2.55. The number of fused-ring (bicyclic) bond motifs is 4. The molecule has 4 heterocycles. The average Bonchev–Trinajstić information content (AvgIpc) is 3.42. The van der Waals surface area contributed by atoms with Gasteiger partial charge in [0.15, 0.2) is 5.82 Å². The minimum atomic E-state index is 0.126. The number of ether oxygens (including phenoxy) is 1. The second-order valence-corrected chi connectivity index (χ2v) is 10.4. The van der Waals surface area contributed by atoms with Gasteiger partial charge < -0.3 is 9.64 Å². The molecule has 0 bridgehead atoms. The number of aryl methyl sites for hydroxylation is 2. The van der Waals surface area contributed by atoms with Crippen LogP contribution in [-0.4, -0.2) is 40.8 Å².